The van der Waals surface area contributed by atoms with Gasteiger partial charge in [0.2, 0.25) is 0 Å². The van der Waals surface area contributed by atoms with E-state index in [1.54, 1.807) is 12.1 Å². The molecule has 0 bridgehead atoms. The fourth-order valence-electron chi connectivity index (χ4n) is 1.28. The smallest absolute Gasteiger partial charge is 0.0720 e. The Morgan fingerprint density at radius 3 is 2.21 bits per heavy atom. The Bertz CT molecular complexity index is 324. The lowest BCUT2D eigenvalue weighted by molar-refractivity contribution is 0.889. The van der Waals surface area contributed by atoms with Gasteiger partial charge in [0.05, 0.1) is 15.7 Å². The first-order valence-corrected chi connectivity index (χ1v) is 5.68. The summed E-state index contributed by atoms with van der Waals surface area (Å²) in [7, 11) is 0. The number of anilines is 1. The fraction of sp³-hybridized carbons (Fsp3) is 0.400. The zero-order valence-electron chi connectivity index (χ0n) is 7.49. The second-order valence-corrected chi connectivity index (χ2v) is 4.82. The average molecular weight is 251 g/mol. The molecule has 0 amide bonds. The van der Waals surface area contributed by atoms with Crippen molar-refractivity contribution in [3.05, 3.63) is 27.2 Å². The molecule has 0 atom stereocenters. The van der Waals surface area contributed by atoms with Gasteiger partial charge in [-0.1, -0.05) is 34.8 Å². The summed E-state index contributed by atoms with van der Waals surface area (Å²) in [6.07, 6.45) is 2.60. The quantitative estimate of drug-likeness (QED) is 0.835. The van der Waals surface area contributed by atoms with E-state index < -0.39 is 0 Å². The largest absolute Gasteiger partial charge is 0.382 e. The van der Waals surface area contributed by atoms with Gasteiger partial charge in [-0.2, -0.15) is 0 Å². The first-order chi connectivity index (χ1) is 6.66. The minimum atomic E-state index is 0.567. The molecule has 0 aliphatic heterocycles. The molecule has 0 heterocycles. The van der Waals surface area contributed by atoms with Crippen molar-refractivity contribution >= 4 is 40.5 Å². The van der Waals surface area contributed by atoms with E-state index in [9.17, 15) is 0 Å². The standard InChI is InChI=1S/C10H10Cl3N/c11-7-3-8(12)10(9(13)4-7)14-5-6-1-2-6/h3-4,6,14H,1-2,5H2. The maximum atomic E-state index is 6.01. The minimum absolute atomic E-state index is 0.567. The molecule has 1 nitrogen and oxygen atoms in total. The zero-order chi connectivity index (χ0) is 10.1. The number of benzene rings is 1. The summed E-state index contributed by atoms with van der Waals surface area (Å²) in [5.41, 5.74) is 0.796. The molecule has 1 aliphatic carbocycles. The molecular weight excluding hydrogens is 240 g/mol. The van der Waals surface area contributed by atoms with Crippen LogP contribution in [0, 0.1) is 5.92 Å². The van der Waals surface area contributed by atoms with Gasteiger partial charge in [-0.15, -0.1) is 0 Å². The highest BCUT2D eigenvalue weighted by Gasteiger charge is 2.21. The summed E-state index contributed by atoms with van der Waals surface area (Å²) in [6, 6.07) is 3.40. The van der Waals surface area contributed by atoms with E-state index in [1.807, 2.05) is 0 Å². The van der Waals surface area contributed by atoms with Crippen LogP contribution in [-0.2, 0) is 0 Å². The second kappa shape index (κ2) is 4.18. The maximum Gasteiger partial charge on any atom is 0.0720 e. The summed E-state index contributed by atoms with van der Waals surface area (Å²) in [5, 5.41) is 4.99. The lowest BCUT2D eigenvalue weighted by Gasteiger charge is -2.09. The van der Waals surface area contributed by atoms with Gasteiger partial charge in [0.15, 0.2) is 0 Å². The molecule has 1 aliphatic rings. The van der Waals surface area contributed by atoms with Gasteiger partial charge < -0.3 is 5.32 Å². The molecule has 4 heteroatoms. The minimum Gasteiger partial charge on any atom is -0.382 e. The Kier molecular flexibility index (Phi) is 3.10. The Morgan fingerprint density at radius 1 is 1.14 bits per heavy atom. The molecule has 1 fully saturated rings. The van der Waals surface area contributed by atoms with E-state index in [4.69, 9.17) is 34.8 Å². The lowest BCUT2D eigenvalue weighted by atomic mass is 10.3. The molecule has 0 unspecified atom stereocenters. The molecule has 0 aromatic heterocycles. The van der Waals surface area contributed by atoms with Crippen molar-refractivity contribution in [1.82, 2.24) is 0 Å². The highest BCUT2D eigenvalue weighted by Crippen LogP contribution is 2.35. The van der Waals surface area contributed by atoms with Crippen LogP contribution in [0.3, 0.4) is 0 Å². The van der Waals surface area contributed by atoms with Crippen LogP contribution in [0.1, 0.15) is 12.8 Å². The number of hydrogen-bond acceptors (Lipinski definition) is 1. The van der Waals surface area contributed by atoms with Crippen molar-refractivity contribution in [2.75, 3.05) is 11.9 Å². The Balaban J connectivity index is 2.13. The van der Waals surface area contributed by atoms with Crippen molar-refractivity contribution in [3.63, 3.8) is 0 Å². The van der Waals surface area contributed by atoms with Crippen molar-refractivity contribution in [2.45, 2.75) is 12.8 Å². The van der Waals surface area contributed by atoms with Gasteiger partial charge in [0, 0.05) is 11.6 Å². The molecule has 2 rings (SSSR count). The van der Waals surface area contributed by atoms with Gasteiger partial charge in [-0.3, -0.25) is 0 Å². The summed E-state index contributed by atoms with van der Waals surface area (Å²) in [4.78, 5) is 0. The summed E-state index contributed by atoms with van der Waals surface area (Å²) >= 11 is 17.8. The summed E-state index contributed by atoms with van der Waals surface area (Å²) in [5.74, 6) is 0.790. The third-order valence-corrected chi connectivity index (χ3v) is 3.09. The maximum absolute atomic E-state index is 6.01. The number of rotatable bonds is 3. The topological polar surface area (TPSA) is 12.0 Å². The molecule has 0 saturated heterocycles. The zero-order valence-corrected chi connectivity index (χ0v) is 9.76. The molecule has 76 valence electrons. The molecule has 14 heavy (non-hydrogen) atoms. The molecule has 0 radical (unpaired) electrons. The van der Waals surface area contributed by atoms with Crippen LogP contribution in [0.4, 0.5) is 5.69 Å². The van der Waals surface area contributed by atoms with E-state index in [2.05, 4.69) is 5.32 Å². The molecule has 1 saturated carbocycles. The van der Waals surface area contributed by atoms with Gasteiger partial charge in [0.1, 0.15) is 0 Å². The SMILES string of the molecule is Clc1cc(Cl)c(NCC2CC2)c(Cl)c1. The van der Waals surface area contributed by atoms with Crippen LogP contribution < -0.4 is 5.32 Å². The van der Waals surface area contributed by atoms with Crippen LogP contribution in [-0.4, -0.2) is 6.54 Å². The van der Waals surface area contributed by atoms with Crippen molar-refractivity contribution in [3.8, 4) is 0 Å². The highest BCUT2D eigenvalue weighted by molar-refractivity contribution is 6.41. The predicted octanol–water partition coefficient (Wildman–Crippen LogP) is 4.47. The van der Waals surface area contributed by atoms with E-state index >= 15 is 0 Å². The highest BCUT2D eigenvalue weighted by atomic mass is 35.5. The van der Waals surface area contributed by atoms with E-state index in [0.717, 1.165) is 18.2 Å². The van der Waals surface area contributed by atoms with Crippen LogP contribution in [0.25, 0.3) is 0 Å². The van der Waals surface area contributed by atoms with Crippen LogP contribution in [0.5, 0.6) is 0 Å². The normalized spacial score (nSPS) is 15.6. The Hall–Kier alpha value is -0.110. The van der Waals surface area contributed by atoms with Gasteiger partial charge in [-0.05, 0) is 30.9 Å². The monoisotopic (exact) mass is 249 g/mol. The predicted molar refractivity (Wildman–Crippen MR) is 62.7 cm³/mol. The second-order valence-electron chi connectivity index (χ2n) is 3.57. The number of halogens is 3. The van der Waals surface area contributed by atoms with Crippen molar-refractivity contribution in [1.29, 1.82) is 0 Å². The van der Waals surface area contributed by atoms with E-state index in [1.165, 1.54) is 12.8 Å². The van der Waals surface area contributed by atoms with Crippen molar-refractivity contribution in [2.24, 2.45) is 5.92 Å². The van der Waals surface area contributed by atoms with E-state index in [0.29, 0.717) is 15.1 Å². The molecule has 1 N–H and O–H groups in total. The van der Waals surface area contributed by atoms with Crippen LogP contribution in [0.15, 0.2) is 12.1 Å². The third-order valence-electron chi connectivity index (χ3n) is 2.27. The Morgan fingerprint density at radius 2 is 1.71 bits per heavy atom. The molecular formula is C10H10Cl3N. The van der Waals surface area contributed by atoms with Crippen molar-refractivity contribution < 1.29 is 0 Å². The van der Waals surface area contributed by atoms with Crippen LogP contribution in [0.2, 0.25) is 15.1 Å². The van der Waals surface area contributed by atoms with Gasteiger partial charge in [0.25, 0.3) is 0 Å². The summed E-state index contributed by atoms with van der Waals surface area (Å²) in [6.45, 7) is 0.946. The van der Waals surface area contributed by atoms with E-state index in [-0.39, 0.29) is 0 Å². The fourth-order valence-corrected chi connectivity index (χ4v) is 2.23. The average Bonchev–Trinajstić information content (AvgIpc) is 2.85. The third kappa shape index (κ3) is 2.47. The first kappa shape index (κ1) is 10.4. The molecule has 1 aromatic carbocycles. The molecule has 1 aromatic rings. The number of hydrogen-bond donors (Lipinski definition) is 1. The molecule has 0 spiro atoms. The lowest BCUT2D eigenvalue weighted by Crippen LogP contribution is -2.04. The van der Waals surface area contributed by atoms with Gasteiger partial charge in [-0.25, -0.2) is 0 Å². The van der Waals surface area contributed by atoms with Crippen LogP contribution >= 0.6 is 34.8 Å². The first-order valence-electron chi connectivity index (χ1n) is 4.55. The van der Waals surface area contributed by atoms with Gasteiger partial charge >= 0.3 is 0 Å². The summed E-state index contributed by atoms with van der Waals surface area (Å²) < 4.78 is 0. The number of nitrogens with one attached hydrogen (secondary N) is 1. The Labute approximate surface area is 98.3 Å².